The van der Waals surface area contributed by atoms with E-state index in [9.17, 15) is 5.11 Å². The van der Waals surface area contributed by atoms with Crippen LogP contribution in [0, 0.1) is 0 Å². The number of aliphatic hydroxyl groups is 1. The van der Waals surface area contributed by atoms with Crippen LogP contribution in [-0.2, 0) is 11.8 Å². The lowest BCUT2D eigenvalue weighted by atomic mass is 9.85. The first kappa shape index (κ1) is 19.1. The van der Waals surface area contributed by atoms with Crippen molar-refractivity contribution in [2.24, 2.45) is 0 Å². The summed E-state index contributed by atoms with van der Waals surface area (Å²) in [6.45, 7) is 4.86. The van der Waals surface area contributed by atoms with Crippen molar-refractivity contribution in [3.8, 4) is 17.0 Å². The monoisotopic (exact) mass is 391 g/mol. The summed E-state index contributed by atoms with van der Waals surface area (Å²) in [6, 6.07) is 9.93. The zero-order chi connectivity index (χ0) is 20.4. The van der Waals surface area contributed by atoms with Crippen molar-refractivity contribution in [2.75, 3.05) is 30.9 Å². The first-order valence-corrected chi connectivity index (χ1v) is 9.69. The van der Waals surface area contributed by atoms with E-state index in [4.69, 9.17) is 4.74 Å². The number of rotatable bonds is 6. The smallest absolute Gasteiger partial charge is 0.227 e. The van der Waals surface area contributed by atoms with Crippen LogP contribution in [0.5, 0.6) is 5.75 Å². The van der Waals surface area contributed by atoms with Crippen molar-refractivity contribution in [2.45, 2.75) is 25.7 Å². The second-order valence-electron chi connectivity index (χ2n) is 7.47. The highest BCUT2D eigenvalue weighted by Crippen LogP contribution is 2.37. The zero-order valence-corrected chi connectivity index (χ0v) is 16.9. The van der Waals surface area contributed by atoms with Crippen molar-refractivity contribution in [1.29, 1.82) is 0 Å². The van der Waals surface area contributed by atoms with Gasteiger partial charge in [-0.15, -0.1) is 0 Å². The Morgan fingerprint density at radius 1 is 1.24 bits per heavy atom. The molecule has 0 radical (unpaired) electrons. The highest BCUT2D eigenvalue weighted by molar-refractivity contribution is 5.68. The second kappa shape index (κ2) is 7.67. The molecule has 3 aromatic rings. The van der Waals surface area contributed by atoms with E-state index in [1.807, 2.05) is 37.3 Å². The number of ether oxygens (including phenoxy) is 1. The third-order valence-electron chi connectivity index (χ3n) is 5.40. The van der Waals surface area contributed by atoms with Crippen molar-refractivity contribution in [1.82, 2.24) is 15.0 Å². The summed E-state index contributed by atoms with van der Waals surface area (Å²) in [4.78, 5) is 13.5. The van der Waals surface area contributed by atoms with E-state index in [-0.39, 0.29) is 12.0 Å². The number of aryl methyl sites for hydroxylation is 1. The van der Waals surface area contributed by atoms with Crippen molar-refractivity contribution < 1.29 is 9.84 Å². The van der Waals surface area contributed by atoms with Gasteiger partial charge in [-0.1, -0.05) is 19.9 Å². The summed E-state index contributed by atoms with van der Waals surface area (Å²) in [7, 11) is 1.64. The minimum absolute atomic E-state index is 0.0578. The summed E-state index contributed by atoms with van der Waals surface area (Å²) in [5, 5.41) is 16.3. The molecule has 0 bridgehead atoms. The molecule has 2 aromatic heterocycles. The van der Waals surface area contributed by atoms with Crippen LogP contribution in [0.4, 0.5) is 17.5 Å². The lowest BCUT2D eigenvalue weighted by molar-refractivity contribution is 0.218. The largest absolute Gasteiger partial charge is 0.495 e. The van der Waals surface area contributed by atoms with Gasteiger partial charge in [0.15, 0.2) is 0 Å². The fourth-order valence-corrected chi connectivity index (χ4v) is 3.49. The fourth-order valence-electron chi connectivity index (χ4n) is 3.49. The number of hydrogen-bond donors (Lipinski definition) is 3. The number of benzene rings is 1. The Hall–Kier alpha value is -3.19. The van der Waals surface area contributed by atoms with Crippen LogP contribution < -0.4 is 15.4 Å². The molecule has 29 heavy (non-hydrogen) atoms. The Balaban J connectivity index is 1.67. The Morgan fingerprint density at radius 2 is 2.10 bits per heavy atom. The molecule has 1 unspecified atom stereocenters. The first-order valence-electron chi connectivity index (χ1n) is 9.69. The van der Waals surface area contributed by atoms with E-state index >= 15 is 0 Å². The number of pyridine rings is 1. The topological polar surface area (TPSA) is 92.2 Å². The molecule has 3 heterocycles. The summed E-state index contributed by atoms with van der Waals surface area (Å²) < 4.78 is 5.46. The molecule has 4 rings (SSSR count). The molecule has 1 aliphatic heterocycles. The Bertz CT molecular complexity index is 1040. The number of hydrogen-bond acceptors (Lipinski definition) is 7. The lowest BCUT2D eigenvalue weighted by Gasteiger charge is -2.20. The second-order valence-corrected chi connectivity index (χ2v) is 7.47. The molecule has 0 aliphatic carbocycles. The van der Waals surface area contributed by atoms with Crippen LogP contribution in [0.3, 0.4) is 0 Å². The van der Waals surface area contributed by atoms with Gasteiger partial charge in [0, 0.05) is 35.5 Å². The van der Waals surface area contributed by atoms with Crippen LogP contribution in [0.15, 0.2) is 42.7 Å². The van der Waals surface area contributed by atoms with Crippen molar-refractivity contribution in [3.63, 3.8) is 0 Å². The maximum absolute atomic E-state index is 9.82. The number of aromatic nitrogens is 3. The summed E-state index contributed by atoms with van der Waals surface area (Å²) in [5.74, 6) is 2.04. The van der Waals surface area contributed by atoms with Gasteiger partial charge in [-0.2, -0.15) is 0 Å². The molecular weight excluding hydrogens is 366 g/mol. The molecule has 3 N–H and O–H groups in total. The molecule has 0 saturated heterocycles. The third-order valence-corrected chi connectivity index (χ3v) is 5.40. The highest BCUT2D eigenvalue weighted by atomic mass is 16.5. The molecule has 7 heteroatoms. The Labute approximate surface area is 170 Å². The molecule has 1 atom stereocenters. The molecule has 0 saturated carbocycles. The van der Waals surface area contributed by atoms with Gasteiger partial charge in [0.1, 0.15) is 11.6 Å². The predicted octanol–water partition coefficient (Wildman–Crippen LogP) is 3.53. The van der Waals surface area contributed by atoms with E-state index in [0.717, 1.165) is 40.5 Å². The maximum Gasteiger partial charge on any atom is 0.227 e. The normalized spacial score (nSPS) is 17.5. The number of aliphatic hydroxyl groups excluding tert-OH is 1. The van der Waals surface area contributed by atoms with E-state index < -0.39 is 0 Å². The molecule has 1 aromatic carbocycles. The highest BCUT2D eigenvalue weighted by Gasteiger charge is 2.35. The van der Waals surface area contributed by atoms with Gasteiger partial charge in [0.2, 0.25) is 5.95 Å². The van der Waals surface area contributed by atoms with Crippen molar-refractivity contribution >= 4 is 17.5 Å². The van der Waals surface area contributed by atoms with Crippen LogP contribution in [-0.4, -0.2) is 40.3 Å². The van der Waals surface area contributed by atoms with Gasteiger partial charge < -0.3 is 20.5 Å². The lowest BCUT2D eigenvalue weighted by Crippen LogP contribution is -2.28. The Kier molecular flexibility index (Phi) is 5.07. The number of anilines is 3. The summed E-state index contributed by atoms with van der Waals surface area (Å²) in [5.41, 5.74) is 4.32. The number of fused-ring (bicyclic) bond motifs is 1. The van der Waals surface area contributed by atoms with Crippen LogP contribution in [0.2, 0.25) is 0 Å². The quantitative estimate of drug-likeness (QED) is 0.592. The summed E-state index contributed by atoms with van der Waals surface area (Å²) >= 11 is 0. The zero-order valence-electron chi connectivity index (χ0n) is 16.9. The molecule has 150 valence electrons. The van der Waals surface area contributed by atoms with E-state index in [1.165, 1.54) is 5.56 Å². The molecule has 7 nitrogen and oxygen atoms in total. The van der Waals surface area contributed by atoms with Crippen LogP contribution in [0.1, 0.15) is 25.0 Å². The van der Waals surface area contributed by atoms with Crippen LogP contribution >= 0.6 is 0 Å². The van der Waals surface area contributed by atoms with Crippen molar-refractivity contribution in [3.05, 3.63) is 53.9 Å². The van der Waals surface area contributed by atoms with Gasteiger partial charge in [0.25, 0.3) is 0 Å². The number of nitrogens with zero attached hydrogens (tertiary/aromatic N) is 3. The average Bonchev–Trinajstić information content (AvgIpc) is 3.10. The van der Waals surface area contributed by atoms with Gasteiger partial charge >= 0.3 is 0 Å². The van der Waals surface area contributed by atoms with Gasteiger partial charge in [-0.25, -0.2) is 15.0 Å². The summed E-state index contributed by atoms with van der Waals surface area (Å²) in [6.07, 6.45) is 4.44. The van der Waals surface area contributed by atoms with Crippen LogP contribution in [0.25, 0.3) is 11.3 Å². The average molecular weight is 391 g/mol. The first-order chi connectivity index (χ1) is 14.1. The van der Waals surface area contributed by atoms with E-state index in [1.54, 1.807) is 19.5 Å². The molecule has 0 amide bonds. The number of nitrogens with one attached hydrogen (secondary N) is 2. The van der Waals surface area contributed by atoms with E-state index in [2.05, 4.69) is 32.5 Å². The SMILES string of the molecule is CCc1ccc(OC)c(Nc2nccc(-c3cnc4c(c3)C(C)(CO)CN4)n2)c1. The number of methoxy groups -OCH3 is 1. The minimum Gasteiger partial charge on any atom is -0.495 e. The molecule has 0 spiro atoms. The molecular formula is C22H25N5O2. The standard InChI is InChI=1S/C22H25N5O2/c1-4-14-5-6-19(29-3)18(9-14)27-21-23-8-7-17(26-21)15-10-16-20(24-11-15)25-12-22(16,2)13-28/h5-11,28H,4,12-13H2,1-3H3,(H,24,25)(H,23,26,27). The van der Waals surface area contributed by atoms with Gasteiger partial charge in [-0.3, -0.25) is 0 Å². The third kappa shape index (κ3) is 3.61. The fraction of sp³-hybridized carbons (Fsp3) is 0.318. The molecule has 1 aliphatic rings. The van der Waals surface area contributed by atoms with Gasteiger partial charge in [0.05, 0.1) is 25.1 Å². The van der Waals surface area contributed by atoms with E-state index in [0.29, 0.717) is 12.5 Å². The Morgan fingerprint density at radius 3 is 2.86 bits per heavy atom. The maximum atomic E-state index is 9.82. The van der Waals surface area contributed by atoms with Gasteiger partial charge in [-0.05, 0) is 36.2 Å². The minimum atomic E-state index is -0.347. The molecule has 0 fully saturated rings. The predicted molar refractivity (Wildman–Crippen MR) is 114 cm³/mol.